The van der Waals surface area contributed by atoms with Gasteiger partial charge in [0, 0.05) is 41.5 Å². The molecule has 34 heavy (non-hydrogen) atoms. The maximum absolute atomic E-state index is 15.0. The fraction of sp³-hybridized carbons (Fsp3) is 0.522. The van der Waals surface area contributed by atoms with Crippen LogP contribution in [0.15, 0.2) is 22.7 Å². The topological polar surface area (TPSA) is 124 Å². The van der Waals surface area contributed by atoms with Crippen molar-refractivity contribution < 1.29 is 22.9 Å². The highest BCUT2D eigenvalue weighted by Crippen LogP contribution is 2.40. The maximum atomic E-state index is 15.0. The van der Waals surface area contributed by atoms with E-state index in [4.69, 9.17) is 9.93 Å². The smallest absolute Gasteiger partial charge is 0.276 e. The number of amides is 2. The quantitative estimate of drug-likeness (QED) is 0.505. The van der Waals surface area contributed by atoms with Crippen LogP contribution in [-0.4, -0.2) is 64.7 Å². The highest BCUT2D eigenvalue weighted by atomic mass is 19.3. The summed E-state index contributed by atoms with van der Waals surface area (Å²) in [4.78, 5) is 29.3. The molecule has 2 heterocycles. The molecule has 2 aliphatic rings. The van der Waals surface area contributed by atoms with Crippen LogP contribution in [-0.2, 0) is 9.59 Å². The second kappa shape index (κ2) is 9.47. The third-order valence-corrected chi connectivity index (χ3v) is 5.96. The summed E-state index contributed by atoms with van der Waals surface area (Å²) in [7, 11) is 0. The van der Waals surface area contributed by atoms with Crippen molar-refractivity contribution in [2.45, 2.75) is 51.0 Å². The molecule has 0 spiro atoms. The molecule has 0 radical (unpaired) electrons. The van der Waals surface area contributed by atoms with Gasteiger partial charge in [0.2, 0.25) is 23.5 Å². The first kappa shape index (κ1) is 23.8. The molecule has 2 amide bonds. The minimum absolute atomic E-state index is 0.0379. The lowest BCUT2D eigenvalue weighted by atomic mass is 9.92. The lowest BCUT2D eigenvalue weighted by Crippen LogP contribution is -2.52. The standard InChI is InChI=1S/C23H28F2N6O3/c1-13(2)28-18-9-15(5-6-16(18)10-26)20-29-22(34-30-20)17-7-8-31(12-23(17,24)25)19(32)11-27-21(33)14-3-4-14/h5-6,9-10,13-14,17,26,28H,3-4,7-8,11-12H2,1-2H3,(H,27,33). The molecule has 1 aromatic carbocycles. The minimum Gasteiger partial charge on any atom is -0.382 e. The van der Waals surface area contributed by atoms with E-state index in [9.17, 15) is 18.4 Å². The number of alkyl halides is 2. The molecule has 1 unspecified atom stereocenters. The number of carbonyl (C=O) groups is 2. The van der Waals surface area contributed by atoms with Gasteiger partial charge in [0.05, 0.1) is 13.1 Å². The van der Waals surface area contributed by atoms with Crippen LogP contribution in [0.25, 0.3) is 11.4 Å². The maximum Gasteiger partial charge on any atom is 0.276 e. The molecule has 2 fully saturated rings. The number of nitrogens with zero attached hydrogens (tertiary/aromatic N) is 3. The number of halogens is 2. The molecule has 3 N–H and O–H groups in total. The lowest BCUT2D eigenvalue weighted by Gasteiger charge is -2.36. The van der Waals surface area contributed by atoms with Gasteiger partial charge in [-0.1, -0.05) is 17.3 Å². The molecular weight excluding hydrogens is 446 g/mol. The lowest BCUT2D eigenvalue weighted by molar-refractivity contribution is -0.145. The Morgan fingerprint density at radius 1 is 1.32 bits per heavy atom. The molecule has 9 nitrogen and oxygen atoms in total. The zero-order valence-corrected chi connectivity index (χ0v) is 19.1. The number of likely N-dealkylation sites (tertiary alicyclic amines) is 1. The van der Waals surface area contributed by atoms with Gasteiger partial charge in [-0.3, -0.25) is 9.59 Å². The fourth-order valence-electron chi connectivity index (χ4n) is 3.97. The monoisotopic (exact) mass is 474 g/mol. The largest absolute Gasteiger partial charge is 0.382 e. The van der Waals surface area contributed by atoms with Crippen LogP contribution in [0.4, 0.5) is 14.5 Å². The first-order chi connectivity index (χ1) is 16.2. The summed E-state index contributed by atoms with van der Waals surface area (Å²) >= 11 is 0. The van der Waals surface area contributed by atoms with E-state index in [1.165, 1.54) is 6.21 Å². The SMILES string of the molecule is CC(C)Nc1cc(-c2noc(C3CCN(C(=O)CNC(=O)C4CC4)CC3(F)F)n2)ccc1C=N. The Bertz CT molecular complexity index is 1080. The Hall–Kier alpha value is -3.37. The van der Waals surface area contributed by atoms with Gasteiger partial charge in [-0.15, -0.1) is 0 Å². The Labute approximate surface area is 195 Å². The van der Waals surface area contributed by atoms with Gasteiger partial charge < -0.3 is 25.5 Å². The number of rotatable bonds is 8. The van der Waals surface area contributed by atoms with E-state index in [1.807, 2.05) is 13.8 Å². The van der Waals surface area contributed by atoms with E-state index in [0.717, 1.165) is 17.7 Å². The molecule has 4 rings (SSSR count). The summed E-state index contributed by atoms with van der Waals surface area (Å²) in [5.41, 5.74) is 1.96. The Kier molecular flexibility index (Phi) is 6.63. The van der Waals surface area contributed by atoms with Crippen LogP contribution >= 0.6 is 0 Å². The predicted octanol–water partition coefficient (Wildman–Crippen LogP) is 3.03. The minimum atomic E-state index is -3.26. The van der Waals surface area contributed by atoms with E-state index < -0.39 is 24.3 Å². The van der Waals surface area contributed by atoms with Crippen molar-refractivity contribution in [1.29, 1.82) is 5.41 Å². The number of carbonyl (C=O) groups excluding carboxylic acids is 2. The second-order valence-electron chi connectivity index (χ2n) is 9.11. The summed E-state index contributed by atoms with van der Waals surface area (Å²) in [6.07, 6.45) is 2.79. The van der Waals surface area contributed by atoms with E-state index >= 15 is 0 Å². The third kappa shape index (κ3) is 5.23. The molecule has 11 heteroatoms. The van der Waals surface area contributed by atoms with E-state index in [0.29, 0.717) is 16.8 Å². The summed E-state index contributed by atoms with van der Waals surface area (Å²) in [5.74, 6) is -5.35. The number of hydrogen-bond acceptors (Lipinski definition) is 7. The average molecular weight is 475 g/mol. The number of nitrogens with one attached hydrogen (secondary N) is 3. The van der Waals surface area contributed by atoms with E-state index in [-0.39, 0.29) is 49.1 Å². The van der Waals surface area contributed by atoms with E-state index in [2.05, 4.69) is 20.8 Å². The van der Waals surface area contributed by atoms with Crippen LogP contribution in [0.1, 0.15) is 50.5 Å². The number of hydrogen-bond donors (Lipinski definition) is 3. The Morgan fingerprint density at radius 2 is 2.09 bits per heavy atom. The van der Waals surface area contributed by atoms with Gasteiger partial charge in [0.15, 0.2) is 0 Å². The van der Waals surface area contributed by atoms with Crippen molar-refractivity contribution in [3.63, 3.8) is 0 Å². The van der Waals surface area contributed by atoms with Crippen molar-refractivity contribution in [1.82, 2.24) is 20.4 Å². The van der Waals surface area contributed by atoms with Crippen molar-refractivity contribution in [3.8, 4) is 11.4 Å². The van der Waals surface area contributed by atoms with Gasteiger partial charge in [0.1, 0.15) is 5.92 Å². The van der Waals surface area contributed by atoms with Crippen molar-refractivity contribution >= 4 is 23.7 Å². The summed E-state index contributed by atoms with van der Waals surface area (Å²) < 4.78 is 35.2. The summed E-state index contributed by atoms with van der Waals surface area (Å²) in [6.45, 7) is 2.98. The molecule has 1 saturated carbocycles. The van der Waals surface area contributed by atoms with E-state index in [1.54, 1.807) is 18.2 Å². The zero-order chi connectivity index (χ0) is 24.5. The van der Waals surface area contributed by atoms with Gasteiger partial charge in [-0.05, 0) is 39.2 Å². The van der Waals surface area contributed by atoms with Crippen LogP contribution in [0, 0.1) is 11.3 Å². The van der Waals surface area contributed by atoms with Crippen molar-refractivity contribution in [3.05, 3.63) is 29.7 Å². The van der Waals surface area contributed by atoms with Gasteiger partial charge in [0.25, 0.3) is 5.92 Å². The molecule has 1 saturated heterocycles. The highest BCUT2D eigenvalue weighted by Gasteiger charge is 2.49. The predicted molar refractivity (Wildman–Crippen MR) is 121 cm³/mol. The van der Waals surface area contributed by atoms with Gasteiger partial charge in [-0.2, -0.15) is 4.98 Å². The average Bonchev–Trinajstić information content (AvgIpc) is 3.53. The molecular formula is C23H28F2N6O3. The zero-order valence-electron chi connectivity index (χ0n) is 19.1. The molecule has 1 aliphatic heterocycles. The Morgan fingerprint density at radius 3 is 2.74 bits per heavy atom. The van der Waals surface area contributed by atoms with Crippen molar-refractivity contribution in [2.24, 2.45) is 5.92 Å². The molecule has 1 aliphatic carbocycles. The van der Waals surface area contributed by atoms with Crippen LogP contribution < -0.4 is 10.6 Å². The van der Waals surface area contributed by atoms with Gasteiger partial charge in [-0.25, -0.2) is 8.78 Å². The first-order valence-electron chi connectivity index (χ1n) is 11.4. The van der Waals surface area contributed by atoms with Crippen LogP contribution in [0.5, 0.6) is 0 Å². The number of aromatic nitrogens is 2. The molecule has 182 valence electrons. The fourth-order valence-corrected chi connectivity index (χ4v) is 3.97. The van der Waals surface area contributed by atoms with Gasteiger partial charge >= 0.3 is 0 Å². The van der Waals surface area contributed by atoms with Crippen LogP contribution in [0.3, 0.4) is 0 Å². The first-order valence-corrected chi connectivity index (χ1v) is 11.4. The third-order valence-electron chi connectivity index (χ3n) is 5.96. The highest BCUT2D eigenvalue weighted by molar-refractivity contribution is 5.88. The second-order valence-corrected chi connectivity index (χ2v) is 9.11. The molecule has 0 bridgehead atoms. The molecule has 1 aromatic heterocycles. The number of anilines is 1. The van der Waals surface area contributed by atoms with Crippen LogP contribution in [0.2, 0.25) is 0 Å². The molecule has 2 aromatic rings. The Balaban J connectivity index is 1.44. The normalized spacial score (nSPS) is 19.7. The molecule has 1 atom stereocenters. The number of benzene rings is 1. The summed E-state index contributed by atoms with van der Waals surface area (Å²) in [6, 6.07) is 5.31. The number of piperidine rings is 1. The summed E-state index contributed by atoms with van der Waals surface area (Å²) in [5, 5.41) is 17.2. The van der Waals surface area contributed by atoms with Crippen molar-refractivity contribution in [2.75, 3.05) is 25.0 Å².